The number of H-pyrrole nitrogens is 1. The Labute approximate surface area is 126 Å². The van der Waals surface area contributed by atoms with Gasteiger partial charge in [-0.25, -0.2) is 0 Å². The number of anilines is 1. The van der Waals surface area contributed by atoms with E-state index in [1.54, 1.807) is 36.5 Å². The molecule has 1 heterocycles. The first-order valence-corrected chi connectivity index (χ1v) is 6.73. The summed E-state index contributed by atoms with van der Waals surface area (Å²) in [5.74, 6) is 0.259. The van der Waals surface area contributed by atoms with Crippen molar-refractivity contribution in [2.45, 2.75) is 0 Å². The summed E-state index contributed by atoms with van der Waals surface area (Å²) in [4.78, 5) is 15.9. The van der Waals surface area contributed by atoms with Crippen molar-refractivity contribution in [2.24, 2.45) is 0 Å². The van der Waals surface area contributed by atoms with Crippen molar-refractivity contribution in [3.8, 4) is 5.75 Å². The monoisotopic (exact) mass is 300 g/mol. The molecule has 3 rings (SSSR count). The van der Waals surface area contributed by atoms with Crippen LogP contribution in [0.2, 0.25) is 5.02 Å². The highest BCUT2D eigenvalue weighted by atomic mass is 35.5. The number of ether oxygens (including phenoxy) is 1. The molecule has 2 aromatic carbocycles. The van der Waals surface area contributed by atoms with E-state index in [0.29, 0.717) is 27.6 Å². The molecule has 0 radical (unpaired) electrons. The first kappa shape index (κ1) is 13.5. The molecular weight excluding hydrogens is 288 g/mol. The van der Waals surface area contributed by atoms with Gasteiger partial charge in [-0.2, -0.15) is 0 Å². The van der Waals surface area contributed by atoms with E-state index >= 15 is 0 Å². The first-order valence-electron chi connectivity index (χ1n) is 6.35. The number of nitrogen functional groups attached to an aromatic ring is 1. The van der Waals surface area contributed by atoms with E-state index in [9.17, 15) is 4.79 Å². The molecule has 3 aromatic rings. The van der Waals surface area contributed by atoms with Gasteiger partial charge in [0.1, 0.15) is 5.75 Å². The number of benzene rings is 2. The van der Waals surface area contributed by atoms with Crippen LogP contribution in [0.15, 0.2) is 42.6 Å². The number of rotatable bonds is 3. The zero-order chi connectivity index (χ0) is 15.0. The molecule has 0 spiro atoms. The highest BCUT2D eigenvalue weighted by molar-refractivity contribution is 6.31. The van der Waals surface area contributed by atoms with Crippen LogP contribution in [0.4, 0.5) is 5.69 Å². The minimum atomic E-state index is -0.196. The molecule has 0 saturated carbocycles. The smallest absolute Gasteiger partial charge is 0.200 e. The minimum absolute atomic E-state index is 0.196. The fraction of sp³-hybridized carbons (Fsp3) is 0.0625. The largest absolute Gasteiger partial charge is 0.496 e. The molecule has 3 N–H and O–H groups in total. The number of hydrogen-bond acceptors (Lipinski definition) is 3. The molecule has 0 fully saturated rings. The maximum atomic E-state index is 12.8. The topological polar surface area (TPSA) is 68.1 Å². The van der Waals surface area contributed by atoms with E-state index in [1.807, 2.05) is 6.07 Å². The Morgan fingerprint density at radius 3 is 2.86 bits per heavy atom. The summed E-state index contributed by atoms with van der Waals surface area (Å²) in [5.41, 5.74) is 8.05. The van der Waals surface area contributed by atoms with Gasteiger partial charge in [0.05, 0.1) is 12.7 Å². The molecule has 0 saturated heterocycles. The summed E-state index contributed by atoms with van der Waals surface area (Å²) in [6.45, 7) is 0. The Morgan fingerprint density at radius 1 is 1.29 bits per heavy atom. The summed E-state index contributed by atoms with van der Waals surface area (Å²) >= 11 is 6.01. The summed E-state index contributed by atoms with van der Waals surface area (Å²) in [5, 5.41) is 1.34. The second-order valence-electron chi connectivity index (χ2n) is 4.65. The molecule has 0 bridgehead atoms. The van der Waals surface area contributed by atoms with Gasteiger partial charge in [-0.1, -0.05) is 17.7 Å². The number of carbonyl (C=O) groups is 1. The summed E-state index contributed by atoms with van der Waals surface area (Å²) in [6.07, 6.45) is 1.66. The number of fused-ring (bicyclic) bond motifs is 1. The Balaban J connectivity index is 2.20. The van der Waals surface area contributed by atoms with Crippen LogP contribution >= 0.6 is 11.6 Å². The van der Waals surface area contributed by atoms with E-state index < -0.39 is 0 Å². The lowest BCUT2D eigenvalue weighted by Crippen LogP contribution is -2.07. The quantitative estimate of drug-likeness (QED) is 0.573. The van der Waals surface area contributed by atoms with Gasteiger partial charge in [0.15, 0.2) is 0 Å². The average Bonchev–Trinajstić information content (AvgIpc) is 2.89. The molecule has 21 heavy (non-hydrogen) atoms. The standard InChI is InChI=1S/C16H13ClN2O2/c1-21-14-4-2-3-12(18)15(14)16(20)11-8-19-13-6-5-9(17)7-10(11)13/h2-8,19H,18H2,1H3. The molecule has 0 aliphatic heterocycles. The zero-order valence-corrected chi connectivity index (χ0v) is 12.1. The number of halogens is 1. The highest BCUT2D eigenvalue weighted by Crippen LogP contribution is 2.30. The lowest BCUT2D eigenvalue weighted by atomic mass is 10.0. The second-order valence-corrected chi connectivity index (χ2v) is 5.08. The van der Waals surface area contributed by atoms with Crippen LogP contribution in [-0.4, -0.2) is 17.9 Å². The number of hydrogen-bond donors (Lipinski definition) is 2. The number of ketones is 1. The Morgan fingerprint density at radius 2 is 2.10 bits per heavy atom. The summed E-state index contributed by atoms with van der Waals surface area (Å²) in [7, 11) is 1.51. The number of aromatic nitrogens is 1. The third-order valence-corrected chi connectivity index (χ3v) is 3.63. The fourth-order valence-electron chi connectivity index (χ4n) is 2.38. The molecule has 1 aromatic heterocycles. The number of carbonyl (C=O) groups excluding carboxylic acids is 1. The van der Waals surface area contributed by atoms with Gasteiger partial charge in [-0.3, -0.25) is 4.79 Å². The van der Waals surface area contributed by atoms with Gasteiger partial charge in [0, 0.05) is 33.4 Å². The molecule has 0 atom stereocenters. The molecule has 0 amide bonds. The van der Waals surface area contributed by atoms with Gasteiger partial charge in [0.25, 0.3) is 0 Å². The van der Waals surface area contributed by atoms with Crippen LogP contribution in [0.3, 0.4) is 0 Å². The van der Waals surface area contributed by atoms with Gasteiger partial charge < -0.3 is 15.5 Å². The van der Waals surface area contributed by atoms with Crippen molar-refractivity contribution in [2.75, 3.05) is 12.8 Å². The Hall–Kier alpha value is -2.46. The van der Waals surface area contributed by atoms with Crippen LogP contribution in [0.1, 0.15) is 15.9 Å². The number of methoxy groups -OCH3 is 1. The Kier molecular flexibility index (Phi) is 3.31. The SMILES string of the molecule is COc1cccc(N)c1C(=O)c1c[nH]c2ccc(Cl)cc12. The highest BCUT2D eigenvalue weighted by Gasteiger charge is 2.20. The first-order chi connectivity index (χ1) is 10.1. The van der Waals surface area contributed by atoms with Crippen molar-refractivity contribution >= 4 is 34.0 Å². The zero-order valence-electron chi connectivity index (χ0n) is 11.3. The van der Waals surface area contributed by atoms with Crippen LogP contribution < -0.4 is 10.5 Å². The van der Waals surface area contributed by atoms with Gasteiger partial charge in [0.2, 0.25) is 5.78 Å². The maximum Gasteiger partial charge on any atom is 0.200 e. The second kappa shape index (κ2) is 5.14. The van der Waals surface area contributed by atoms with E-state index in [4.69, 9.17) is 22.1 Å². The third-order valence-electron chi connectivity index (χ3n) is 3.39. The predicted octanol–water partition coefficient (Wildman–Crippen LogP) is 3.64. The predicted molar refractivity (Wildman–Crippen MR) is 84.1 cm³/mol. The number of nitrogens with one attached hydrogen (secondary N) is 1. The van der Waals surface area contributed by atoms with E-state index in [2.05, 4.69) is 4.98 Å². The fourth-order valence-corrected chi connectivity index (χ4v) is 2.55. The number of aromatic amines is 1. The number of nitrogens with two attached hydrogens (primary N) is 1. The van der Waals surface area contributed by atoms with Crippen LogP contribution in [0.5, 0.6) is 5.75 Å². The van der Waals surface area contributed by atoms with Gasteiger partial charge in [-0.15, -0.1) is 0 Å². The van der Waals surface area contributed by atoms with Crippen molar-refractivity contribution in [1.82, 2.24) is 4.98 Å². The molecule has 106 valence electrons. The van der Waals surface area contributed by atoms with Crippen molar-refractivity contribution < 1.29 is 9.53 Å². The molecule has 0 aliphatic rings. The normalized spacial score (nSPS) is 10.8. The Bertz CT molecular complexity index is 839. The van der Waals surface area contributed by atoms with Gasteiger partial charge in [-0.05, 0) is 30.3 Å². The maximum absolute atomic E-state index is 12.8. The molecule has 0 unspecified atom stereocenters. The summed E-state index contributed by atoms with van der Waals surface area (Å²) in [6, 6.07) is 10.5. The molecular formula is C16H13ClN2O2. The van der Waals surface area contributed by atoms with Crippen molar-refractivity contribution in [3.05, 3.63) is 58.7 Å². The average molecular weight is 301 g/mol. The van der Waals surface area contributed by atoms with E-state index in [1.165, 1.54) is 7.11 Å². The summed E-state index contributed by atoms with van der Waals surface area (Å²) < 4.78 is 5.24. The van der Waals surface area contributed by atoms with Crippen molar-refractivity contribution in [1.29, 1.82) is 0 Å². The van der Waals surface area contributed by atoms with E-state index in [0.717, 1.165) is 10.9 Å². The van der Waals surface area contributed by atoms with Gasteiger partial charge >= 0.3 is 0 Å². The van der Waals surface area contributed by atoms with Crippen LogP contribution in [-0.2, 0) is 0 Å². The lowest BCUT2D eigenvalue weighted by molar-refractivity contribution is 0.103. The van der Waals surface area contributed by atoms with E-state index in [-0.39, 0.29) is 5.78 Å². The van der Waals surface area contributed by atoms with Crippen molar-refractivity contribution in [3.63, 3.8) is 0 Å². The molecule has 0 aliphatic carbocycles. The molecule has 4 nitrogen and oxygen atoms in total. The lowest BCUT2D eigenvalue weighted by Gasteiger charge is -2.09. The minimum Gasteiger partial charge on any atom is -0.496 e. The molecule has 5 heteroatoms. The van der Waals surface area contributed by atoms with Crippen LogP contribution in [0, 0.1) is 0 Å². The van der Waals surface area contributed by atoms with Crippen LogP contribution in [0.25, 0.3) is 10.9 Å². The third kappa shape index (κ3) is 2.23.